The molecule has 0 heterocycles. The van der Waals surface area contributed by atoms with Crippen LogP contribution >= 0.6 is 36.7 Å². The van der Waals surface area contributed by atoms with Crippen molar-refractivity contribution in [2.24, 2.45) is 5.73 Å². The Morgan fingerprint density at radius 2 is 1.22 bits per heavy atom. The molecule has 8 heteroatoms. The second kappa shape index (κ2) is 36.0. The van der Waals surface area contributed by atoms with Crippen LogP contribution in [0.3, 0.4) is 0 Å². The molecule has 1 atom stereocenters. The van der Waals surface area contributed by atoms with Gasteiger partial charge in [-0.05, 0) is 0 Å². The van der Waals surface area contributed by atoms with Crippen molar-refractivity contribution in [2.75, 3.05) is 0 Å². The van der Waals surface area contributed by atoms with Crippen LogP contribution in [0.1, 0.15) is 13.3 Å². The van der Waals surface area contributed by atoms with Gasteiger partial charge in [-0.3, -0.25) is 14.4 Å². The number of thiocarbonyl (C=S) groups is 3. The maximum Gasteiger partial charge on any atom is 0.153 e. The molecule has 1 unspecified atom stereocenters. The van der Waals surface area contributed by atoms with E-state index in [0.29, 0.717) is 24.9 Å². The Balaban J connectivity index is -0.0000000742. The number of hydrogen-bond acceptors (Lipinski definition) is 7. The van der Waals surface area contributed by atoms with Gasteiger partial charge in [0.05, 0.1) is 0 Å². The van der Waals surface area contributed by atoms with Crippen molar-refractivity contribution >= 4 is 94.1 Å². The number of nitrogens with two attached hydrogens (primary N) is 1. The molecule has 101 valence electrons. The van der Waals surface area contributed by atoms with Gasteiger partial charge >= 0.3 is 52.1 Å². The third-order valence-electron chi connectivity index (χ3n) is 0.766. The SMILES string of the molecule is CC(N)C[CH2][Sn].O=CC=S.O=CC=S.O=CC=S. The van der Waals surface area contributed by atoms with Crippen LogP contribution in [0.5, 0.6) is 0 Å². The Morgan fingerprint density at radius 1 is 1.00 bits per heavy atom. The van der Waals surface area contributed by atoms with Gasteiger partial charge in [-0.15, -0.1) is 0 Å². The third kappa shape index (κ3) is 99.5. The molecule has 4 nitrogen and oxygen atoms in total. The van der Waals surface area contributed by atoms with E-state index in [0.717, 1.165) is 16.1 Å². The average molecular weight is 413 g/mol. The van der Waals surface area contributed by atoms with Crippen molar-refractivity contribution in [1.82, 2.24) is 0 Å². The van der Waals surface area contributed by atoms with Gasteiger partial charge in [0.25, 0.3) is 0 Å². The average Bonchev–Trinajstić information content (AvgIpc) is 2.39. The summed E-state index contributed by atoms with van der Waals surface area (Å²) in [6.07, 6.45) is 2.89. The molecule has 0 fully saturated rings. The number of carbonyl (C=O) groups is 3. The zero-order valence-electron chi connectivity index (χ0n) is 9.98. The second-order valence-electron chi connectivity index (χ2n) is 2.33. The molecule has 0 bridgehead atoms. The van der Waals surface area contributed by atoms with Crippen molar-refractivity contribution in [3.05, 3.63) is 0 Å². The molecular weight excluding hydrogens is 397 g/mol. The predicted octanol–water partition coefficient (Wildman–Crippen LogP) is 0.865. The summed E-state index contributed by atoms with van der Waals surface area (Å²) in [5.41, 5.74) is 5.42. The fraction of sp³-hybridized carbons (Fsp3) is 0.400. The summed E-state index contributed by atoms with van der Waals surface area (Å²) < 4.78 is 1.30. The maximum atomic E-state index is 9.01. The van der Waals surface area contributed by atoms with Gasteiger partial charge in [0.2, 0.25) is 0 Å². The molecule has 0 amide bonds. The molecule has 0 saturated carbocycles. The number of aldehydes is 3. The first-order chi connectivity index (χ1) is 8.51. The topological polar surface area (TPSA) is 77.2 Å². The summed E-state index contributed by atoms with van der Waals surface area (Å²) in [4.78, 5) is 27.0. The summed E-state index contributed by atoms with van der Waals surface area (Å²) in [5, 5.41) is 3.08. The van der Waals surface area contributed by atoms with Crippen LogP contribution in [0.2, 0.25) is 4.44 Å². The molecule has 0 aromatic rings. The minimum Gasteiger partial charge on any atom is -0.298 e. The number of carbonyl (C=O) groups excluding carboxylic acids is 3. The van der Waals surface area contributed by atoms with Crippen LogP contribution in [0, 0.1) is 0 Å². The first kappa shape index (κ1) is 26.6. The predicted molar refractivity (Wildman–Crippen MR) is 88.0 cm³/mol. The van der Waals surface area contributed by atoms with Crippen LogP contribution in [-0.4, -0.2) is 63.5 Å². The molecular formula is C10H16NO3S3Sn. The second-order valence-corrected chi connectivity index (χ2v) is 4.58. The molecule has 0 rings (SSSR count). The molecule has 0 aromatic heterocycles. The molecule has 0 aliphatic carbocycles. The fourth-order valence-electron chi connectivity index (χ4n) is 0.228. The summed E-state index contributed by atoms with van der Waals surface area (Å²) in [6, 6.07) is 0.421. The molecule has 0 spiro atoms. The summed E-state index contributed by atoms with van der Waals surface area (Å²) in [5.74, 6) is 0. The van der Waals surface area contributed by atoms with E-state index in [9.17, 15) is 0 Å². The number of rotatable bonds is 5. The molecule has 0 aliphatic heterocycles. The smallest absolute Gasteiger partial charge is 0.153 e. The first-order valence-corrected chi connectivity index (χ1v) is 8.02. The van der Waals surface area contributed by atoms with E-state index in [1.165, 1.54) is 10.9 Å². The molecule has 0 aliphatic rings. The molecule has 2 N–H and O–H groups in total. The van der Waals surface area contributed by atoms with E-state index in [1.807, 2.05) is 6.92 Å². The minimum atomic E-state index is 0.421. The van der Waals surface area contributed by atoms with Crippen molar-refractivity contribution in [2.45, 2.75) is 23.8 Å². The maximum absolute atomic E-state index is 9.01. The van der Waals surface area contributed by atoms with Crippen molar-refractivity contribution in [3.63, 3.8) is 0 Å². The van der Waals surface area contributed by atoms with E-state index in [4.69, 9.17) is 20.1 Å². The van der Waals surface area contributed by atoms with Crippen LogP contribution in [0.15, 0.2) is 0 Å². The van der Waals surface area contributed by atoms with Crippen LogP contribution in [0.25, 0.3) is 0 Å². The normalized spacial score (nSPS) is 8.17. The van der Waals surface area contributed by atoms with Crippen molar-refractivity contribution in [3.8, 4) is 0 Å². The van der Waals surface area contributed by atoms with Gasteiger partial charge in [0, 0.05) is 16.1 Å². The largest absolute Gasteiger partial charge is 0.298 e. The molecule has 0 saturated heterocycles. The van der Waals surface area contributed by atoms with Crippen molar-refractivity contribution < 1.29 is 14.4 Å². The zero-order chi connectivity index (χ0) is 15.2. The summed E-state index contributed by atoms with van der Waals surface area (Å²) in [7, 11) is 0. The fourth-order valence-corrected chi connectivity index (χ4v) is 1.53. The Labute approximate surface area is 137 Å². The van der Waals surface area contributed by atoms with E-state index >= 15 is 0 Å². The van der Waals surface area contributed by atoms with E-state index in [2.05, 4.69) is 36.7 Å². The monoisotopic (exact) mass is 414 g/mol. The van der Waals surface area contributed by atoms with Gasteiger partial charge < -0.3 is 0 Å². The van der Waals surface area contributed by atoms with Gasteiger partial charge in [0.15, 0.2) is 18.9 Å². The van der Waals surface area contributed by atoms with Crippen molar-refractivity contribution in [1.29, 1.82) is 0 Å². The van der Waals surface area contributed by atoms with E-state index < -0.39 is 0 Å². The quantitative estimate of drug-likeness (QED) is 0.407. The van der Waals surface area contributed by atoms with Gasteiger partial charge in [-0.1, -0.05) is 36.7 Å². The molecule has 18 heavy (non-hydrogen) atoms. The summed E-state index contributed by atoms with van der Waals surface area (Å²) >= 11 is 13.8. The van der Waals surface area contributed by atoms with Gasteiger partial charge in [0.1, 0.15) is 0 Å². The first-order valence-electron chi connectivity index (χ1n) is 4.59. The third-order valence-corrected chi connectivity index (χ3v) is 1.92. The Morgan fingerprint density at radius 3 is 1.22 bits per heavy atom. The summed E-state index contributed by atoms with van der Waals surface area (Å²) in [6.45, 7) is 2.05. The van der Waals surface area contributed by atoms with E-state index in [1.54, 1.807) is 22.5 Å². The van der Waals surface area contributed by atoms with Gasteiger partial charge in [-0.2, -0.15) is 0 Å². The van der Waals surface area contributed by atoms with Crippen LogP contribution in [0.4, 0.5) is 0 Å². The Bertz CT molecular complexity index is 180. The zero-order valence-corrected chi connectivity index (χ0v) is 15.3. The van der Waals surface area contributed by atoms with Crippen LogP contribution in [-0.2, 0) is 14.4 Å². The number of hydrogen-bond donors (Lipinski definition) is 1. The molecule has 3 radical (unpaired) electrons. The van der Waals surface area contributed by atoms with Crippen LogP contribution < -0.4 is 5.73 Å². The van der Waals surface area contributed by atoms with Gasteiger partial charge in [-0.25, -0.2) is 0 Å². The molecule has 0 aromatic carbocycles. The Kier molecular flexibility index (Phi) is 53.1. The Hall–Kier alpha value is 0.0387. The minimum absolute atomic E-state index is 0.421. The van der Waals surface area contributed by atoms with E-state index in [-0.39, 0.29) is 0 Å². The standard InChI is InChI=1S/C4H10N.3C2H2OS.Sn/c1-3-4(2)5;3*3-1-2-4;/h4H,1,3,5H2,2H3;3*1-2H;.